The molecule has 0 atom stereocenters. The third-order valence-electron chi connectivity index (χ3n) is 5.75. The third-order valence-corrected chi connectivity index (χ3v) is 5.75. The lowest BCUT2D eigenvalue weighted by Crippen LogP contribution is -2.24. The highest BCUT2D eigenvalue weighted by molar-refractivity contribution is 5.89. The second kappa shape index (κ2) is 10.4. The fourth-order valence-corrected chi connectivity index (χ4v) is 4.17. The number of esters is 1. The van der Waals surface area contributed by atoms with Gasteiger partial charge in [0.05, 0.1) is 6.10 Å². The van der Waals surface area contributed by atoms with Gasteiger partial charge in [0.2, 0.25) is 5.82 Å². The van der Waals surface area contributed by atoms with Gasteiger partial charge in [0.15, 0.2) is 5.69 Å². The van der Waals surface area contributed by atoms with E-state index in [4.69, 9.17) is 9.72 Å². The first-order valence-corrected chi connectivity index (χ1v) is 12.1. The lowest BCUT2D eigenvalue weighted by atomic mass is 9.98. The summed E-state index contributed by atoms with van der Waals surface area (Å²) in [6.07, 6.45) is 1.24. The highest BCUT2D eigenvalue weighted by atomic mass is 16.5. The van der Waals surface area contributed by atoms with Crippen LogP contribution in [-0.2, 0) is 23.3 Å². The van der Waals surface area contributed by atoms with E-state index >= 15 is 0 Å². The summed E-state index contributed by atoms with van der Waals surface area (Å²) in [4.78, 5) is 17.8. The molecule has 0 aliphatic carbocycles. The van der Waals surface area contributed by atoms with Gasteiger partial charge in [-0.25, -0.2) is 9.78 Å². The summed E-state index contributed by atoms with van der Waals surface area (Å²) in [6, 6.07) is 16.0. The topological polar surface area (TPSA) is 119 Å². The van der Waals surface area contributed by atoms with Crippen molar-refractivity contribution in [1.82, 2.24) is 30.2 Å². The smallest absolute Gasteiger partial charge is 0.357 e. The largest absolute Gasteiger partial charge is 0.458 e. The summed E-state index contributed by atoms with van der Waals surface area (Å²) >= 11 is 0. The fraction of sp³-hybridized carbons (Fsp3) is 0.370. The van der Waals surface area contributed by atoms with Crippen LogP contribution in [0, 0.1) is 0 Å². The number of H-pyrrole nitrogens is 1. The number of tetrazole rings is 1. The lowest BCUT2D eigenvalue weighted by Gasteiger charge is -2.18. The van der Waals surface area contributed by atoms with Crippen LogP contribution in [0.25, 0.3) is 22.5 Å². The normalized spacial score (nSPS) is 11.8. The van der Waals surface area contributed by atoms with Gasteiger partial charge in [0.25, 0.3) is 0 Å². The van der Waals surface area contributed by atoms with Crippen molar-refractivity contribution in [2.45, 2.75) is 65.7 Å². The van der Waals surface area contributed by atoms with E-state index in [9.17, 15) is 9.90 Å². The van der Waals surface area contributed by atoms with E-state index in [1.165, 1.54) is 0 Å². The SMILES string of the molecule is CCCc1nc(C(C)(C)O)c(C(=O)OC(C)C)n1Cc1ccc(-c2ccccc2-c2nn[nH]n2)cc1. The average molecular weight is 489 g/mol. The molecule has 9 heteroatoms. The van der Waals surface area contributed by atoms with Crippen LogP contribution < -0.4 is 0 Å². The van der Waals surface area contributed by atoms with Crippen LogP contribution in [0.3, 0.4) is 0 Å². The Morgan fingerprint density at radius 2 is 1.81 bits per heavy atom. The Morgan fingerprint density at radius 3 is 2.39 bits per heavy atom. The van der Waals surface area contributed by atoms with Crippen LogP contribution in [-0.4, -0.2) is 47.4 Å². The first-order valence-electron chi connectivity index (χ1n) is 12.1. The number of nitrogens with zero attached hydrogens (tertiary/aromatic N) is 5. The number of aryl methyl sites for hydroxylation is 1. The summed E-state index contributed by atoms with van der Waals surface area (Å²) in [6.45, 7) is 9.37. The van der Waals surface area contributed by atoms with Gasteiger partial charge in [-0.1, -0.05) is 55.5 Å². The van der Waals surface area contributed by atoms with Crippen LogP contribution in [0.1, 0.15) is 68.6 Å². The van der Waals surface area contributed by atoms with E-state index in [0.717, 1.165) is 34.5 Å². The van der Waals surface area contributed by atoms with E-state index in [1.54, 1.807) is 27.7 Å². The maximum Gasteiger partial charge on any atom is 0.357 e. The lowest BCUT2D eigenvalue weighted by molar-refractivity contribution is 0.0334. The number of hydrogen-bond acceptors (Lipinski definition) is 7. The van der Waals surface area contributed by atoms with Crippen LogP contribution in [0.5, 0.6) is 0 Å². The van der Waals surface area contributed by atoms with Crippen molar-refractivity contribution in [3.63, 3.8) is 0 Å². The van der Waals surface area contributed by atoms with Gasteiger partial charge in [-0.3, -0.25) is 0 Å². The highest BCUT2D eigenvalue weighted by Crippen LogP contribution is 2.31. The second-order valence-corrected chi connectivity index (χ2v) is 9.55. The molecule has 188 valence electrons. The molecule has 2 N–H and O–H groups in total. The molecular formula is C27H32N6O3. The van der Waals surface area contributed by atoms with Gasteiger partial charge < -0.3 is 14.4 Å². The van der Waals surface area contributed by atoms with Gasteiger partial charge in [0.1, 0.15) is 17.1 Å². The molecule has 0 aliphatic rings. The maximum absolute atomic E-state index is 13.1. The van der Waals surface area contributed by atoms with Crippen LogP contribution in [0.15, 0.2) is 48.5 Å². The molecule has 0 aliphatic heterocycles. The number of carbonyl (C=O) groups is 1. The molecule has 2 heterocycles. The highest BCUT2D eigenvalue weighted by Gasteiger charge is 2.32. The molecule has 2 aromatic carbocycles. The molecule has 0 saturated carbocycles. The van der Waals surface area contributed by atoms with Gasteiger partial charge in [-0.15, -0.1) is 10.2 Å². The van der Waals surface area contributed by atoms with E-state index in [1.807, 2.05) is 53.1 Å². The van der Waals surface area contributed by atoms with E-state index in [-0.39, 0.29) is 6.10 Å². The monoisotopic (exact) mass is 488 g/mol. The van der Waals surface area contributed by atoms with Gasteiger partial charge in [-0.2, -0.15) is 5.21 Å². The summed E-state index contributed by atoms with van der Waals surface area (Å²) in [5, 5.41) is 25.2. The van der Waals surface area contributed by atoms with E-state index in [0.29, 0.717) is 30.2 Å². The average Bonchev–Trinajstić information content (AvgIpc) is 3.48. The molecule has 4 rings (SSSR count). The Bertz CT molecular complexity index is 1320. The number of aromatic nitrogens is 6. The maximum atomic E-state index is 13.1. The van der Waals surface area contributed by atoms with Crippen molar-refractivity contribution >= 4 is 5.97 Å². The molecule has 0 bridgehead atoms. The van der Waals surface area contributed by atoms with Crippen molar-refractivity contribution < 1.29 is 14.6 Å². The molecule has 9 nitrogen and oxygen atoms in total. The number of benzene rings is 2. The first-order chi connectivity index (χ1) is 17.2. The van der Waals surface area contributed by atoms with Crippen molar-refractivity contribution in [1.29, 1.82) is 0 Å². The molecular weight excluding hydrogens is 456 g/mol. The zero-order valence-corrected chi connectivity index (χ0v) is 21.3. The molecule has 0 spiro atoms. The molecule has 2 aromatic heterocycles. The van der Waals surface area contributed by atoms with Crippen molar-refractivity contribution in [2.24, 2.45) is 0 Å². The minimum Gasteiger partial charge on any atom is -0.458 e. The molecule has 0 fully saturated rings. The Hall–Kier alpha value is -3.85. The zero-order valence-electron chi connectivity index (χ0n) is 21.3. The number of aliphatic hydroxyl groups is 1. The Labute approximate surface area is 210 Å². The zero-order chi connectivity index (χ0) is 25.9. The first kappa shape index (κ1) is 25.2. The minimum atomic E-state index is -1.29. The van der Waals surface area contributed by atoms with Crippen LogP contribution >= 0.6 is 0 Å². The molecule has 4 aromatic rings. The molecule has 0 radical (unpaired) electrons. The Balaban J connectivity index is 1.72. The van der Waals surface area contributed by atoms with Gasteiger partial charge in [-0.05, 0) is 56.0 Å². The number of ether oxygens (including phenoxy) is 1. The van der Waals surface area contributed by atoms with Crippen molar-refractivity contribution in [3.05, 3.63) is 71.3 Å². The quantitative estimate of drug-likeness (QED) is 0.332. The van der Waals surface area contributed by atoms with E-state index < -0.39 is 11.6 Å². The molecule has 36 heavy (non-hydrogen) atoms. The number of carbonyl (C=O) groups excluding carboxylic acids is 1. The standard InChI is InChI=1S/C27H32N6O3/c1-6-9-22-28-24(27(4,5)35)23(26(34)36-17(2)3)33(22)16-18-12-14-19(15-13-18)20-10-7-8-11-21(20)25-29-31-32-30-25/h7-8,10-15,17,35H,6,9,16H2,1-5H3,(H,29,30,31,32). The second-order valence-electron chi connectivity index (χ2n) is 9.55. The Kier molecular flexibility index (Phi) is 7.30. The summed E-state index contributed by atoms with van der Waals surface area (Å²) in [5.74, 6) is 0.796. The number of aromatic amines is 1. The summed E-state index contributed by atoms with van der Waals surface area (Å²) < 4.78 is 7.42. The van der Waals surface area contributed by atoms with Crippen molar-refractivity contribution in [3.8, 4) is 22.5 Å². The van der Waals surface area contributed by atoms with Crippen LogP contribution in [0.4, 0.5) is 0 Å². The van der Waals surface area contributed by atoms with Crippen molar-refractivity contribution in [2.75, 3.05) is 0 Å². The molecule has 0 amide bonds. The number of nitrogens with one attached hydrogen (secondary N) is 1. The predicted octanol–water partition coefficient (Wildman–Crippen LogP) is 4.52. The van der Waals surface area contributed by atoms with Gasteiger partial charge >= 0.3 is 5.97 Å². The van der Waals surface area contributed by atoms with Crippen LogP contribution in [0.2, 0.25) is 0 Å². The number of rotatable bonds is 9. The Morgan fingerprint density at radius 1 is 1.11 bits per heavy atom. The molecule has 0 saturated heterocycles. The fourth-order valence-electron chi connectivity index (χ4n) is 4.17. The molecule has 0 unspecified atom stereocenters. The third kappa shape index (κ3) is 5.36. The summed E-state index contributed by atoms with van der Waals surface area (Å²) in [7, 11) is 0. The minimum absolute atomic E-state index is 0.288. The predicted molar refractivity (Wildman–Crippen MR) is 136 cm³/mol. The summed E-state index contributed by atoms with van der Waals surface area (Å²) in [5.41, 5.74) is 3.22. The van der Waals surface area contributed by atoms with E-state index in [2.05, 4.69) is 27.5 Å². The number of imidazole rings is 1. The van der Waals surface area contributed by atoms with Gasteiger partial charge in [0, 0.05) is 18.5 Å². The number of hydrogen-bond donors (Lipinski definition) is 2.